The molecule has 3 rings (SSSR count). The van der Waals surface area contributed by atoms with Crippen molar-refractivity contribution in [1.82, 2.24) is 30.2 Å². The van der Waals surface area contributed by atoms with Crippen molar-refractivity contribution in [3.05, 3.63) is 65.5 Å². The molecule has 0 atom stereocenters. The SMILES string of the molecule is COCc1cc(C(O)=CC(=O)c2nn[nH]n2)cn1Cc1ccncc1. The van der Waals surface area contributed by atoms with Gasteiger partial charge in [-0.1, -0.05) is 0 Å². The minimum Gasteiger partial charge on any atom is -0.507 e. The van der Waals surface area contributed by atoms with Gasteiger partial charge in [0.15, 0.2) is 0 Å². The van der Waals surface area contributed by atoms with Crippen LogP contribution in [0, 0.1) is 0 Å². The second-order valence-electron chi connectivity index (χ2n) is 5.27. The number of ketones is 1. The lowest BCUT2D eigenvalue weighted by atomic mass is 10.2. The smallest absolute Gasteiger partial charge is 0.244 e. The lowest BCUT2D eigenvalue weighted by Gasteiger charge is -2.08. The maximum Gasteiger partial charge on any atom is 0.244 e. The second kappa shape index (κ2) is 7.49. The largest absolute Gasteiger partial charge is 0.507 e. The number of aliphatic hydroxyl groups is 1. The third kappa shape index (κ3) is 3.96. The molecule has 25 heavy (non-hydrogen) atoms. The summed E-state index contributed by atoms with van der Waals surface area (Å²) in [4.78, 5) is 15.9. The van der Waals surface area contributed by atoms with E-state index >= 15 is 0 Å². The molecule has 0 fully saturated rings. The van der Waals surface area contributed by atoms with Gasteiger partial charge in [0.1, 0.15) is 5.76 Å². The summed E-state index contributed by atoms with van der Waals surface area (Å²) in [6, 6.07) is 5.58. The van der Waals surface area contributed by atoms with E-state index in [4.69, 9.17) is 4.74 Å². The summed E-state index contributed by atoms with van der Waals surface area (Å²) in [6.45, 7) is 0.963. The molecule has 0 aliphatic rings. The first-order valence-electron chi connectivity index (χ1n) is 7.43. The Morgan fingerprint density at radius 1 is 1.40 bits per heavy atom. The molecule has 3 heterocycles. The van der Waals surface area contributed by atoms with Crippen LogP contribution in [0.15, 0.2) is 42.9 Å². The number of pyridine rings is 1. The Morgan fingerprint density at radius 3 is 2.88 bits per heavy atom. The molecule has 0 aliphatic carbocycles. The summed E-state index contributed by atoms with van der Waals surface area (Å²) in [7, 11) is 1.60. The van der Waals surface area contributed by atoms with E-state index in [2.05, 4.69) is 25.6 Å². The number of carbonyl (C=O) groups is 1. The Kier molecular flexibility index (Phi) is 4.95. The molecule has 3 aromatic heterocycles. The number of nitrogens with one attached hydrogen (secondary N) is 1. The molecule has 9 heteroatoms. The first-order valence-corrected chi connectivity index (χ1v) is 7.43. The van der Waals surface area contributed by atoms with Crippen LogP contribution in [0.2, 0.25) is 0 Å². The van der Waals surface area contributed by atoms with Crippen LogP contribution in [0.3, 0.4) is 0 Å². The van der Waals surface area contributed by atoms with Crippen LogP contribution in [0.5, 0.6) is 0 Å². The Hall–Kier alpha value is -3.33. The highest BCUT2D eigenvalue weighted by molar-refractivity contribution is 6.05. The maximum absolute atomic E-state index is 11.9. The van der Waals surface area contributed by atoms with Crippen molar-refractivity contribution in [3.8, 4) is 0 Å². The molecule has 3 aromatic rings. The van der Waals surface area contributed by atoms with Crippen molar-refractivity contribution in [1.29, 1.82) is 0 Å². The molecule has 0 spiro atoms. The van der Waals surface area contributed by atoms with Gasteiger partial charge in [0, 0.05) is 49.6 Å². The molecule has 0 radical (unpaired) electrons. The quantitative estimate of drug-likeness (QED) is 0.379. The summed E-state index contributed by atoms with van der Waals surface area (Å²) in [6.07, 6.45) is 6.26. The van der Waals surface area contributed by atoms with E-state index < -0.39 is 5.78 Å². The number of tetrazole rings is 1. The Balaban J connectivity index is 1.86. The minimum absolute atomic E-state index is 0.111. The van der Waals surface area contributed by atoms with E-state index in [9.17, 15) is 9.90 Å². The van der Waals surface area contributed by atoms with E-state index in [1.54, 1.807) is 31.8 Å². The van der Waals surface area contributed by atoms with Crippen LogP contribution in [-0.2, 0) is 17.9 Å². The molecule has 0 aromatic carbocycles. The Morgan fingerprint density at radius 2 is 2.20 bits per heavy atom. The van der Waals surface area contributed by atoms with Gasteiger partial charge in [-0.3, -0.25) is 9.78 Å². The van der Waals surface area contributed by atoms with Crippen LogP contribution in [0.25, 0.3) is 5.76 Å². The van der Waals surface area contributed by atoms with Crippen LogP contribution < -0.4 is 0 Å². The highest BCUT2D eigenvalue weighted by atomic mass is 16.5. The van der Waals surface area contributed by atoms with Crippen LogP contribution >= 0.6 is 0 Å². The van der Waals surface area contributed by atoms with Gasteiger partial charge in [-0.05, 0) is 29.0 Å². The zero-order valence-electron chi connectivity index (χ0n) is 13.5. The third-order valence-corrected chi connectivity index (χ3v) is 3.51. The molecule has 9 nitrogen and oxygen atoms in total. The average Bonchev–Trinajstić information content (AvgIpc) is 3.27. The van der Waals surface area contributed by atoms with Crippen molar-refractivity contribution in [3.63, 3.8) is 0 Å². The number of carbonyl (C=O) groups excluding carboxylic acids is 1. The van der Waals surface area contributed by atoms with Crippen molar-refractivity contribution in [2.45, 2.75) is 13.2 Å². The van der Waals surface area contributed by atoms with E-state index in [0.29, 0.717) is 18.7 Å². The zero-order valence-corrected chi connectivity index (χ0v) is 13.5. The van der Waals surface area contributed by atoms with Crippen LogP contribution in [0.1, 0.15) is 27.4 Å². The fraction of sp³-hybridized carbons (Fsp3) is 0.188. The van der Waals surface area contributed by atoms with Gasteiger partial charge in [-0.25, -0.2) is 0 Å². The second-order valence-corrected chi connectivity index (χ2v) is 5.27. The number of methoxy groups -OCH3 is 1. The molecule has 0 amide bonds. The summed E-state index contributed by atoms with van der Waals surface area (Å²) < 4.78 is 7.15. The molecule has 2 N–H and O–H groups in total. The summed E-state index contributed by atoms with van der Waals surface area (Å²) >= 11 is 0. The van der Waals surface area contributed by atoms with Crippen molar-refractivity contribution < 1.29 is 14.6 Å². The van der Waals surface area contributed by atoms with E-state index in [1.165, 1.54) is 0 Å². The predicted octanol–water partition coefficient (Wildman–Crippen LogP) is 1.37. The molecule has 0 unspecified atom stereocenters. The number of hydrogen-bond donors (Lipinski definition) is 2. The van der Waals surface area contributed by atoms with Gasteiger partial charge in [0.25, 0.3) is 0 Å². The van der Waals surface area contributed by atoms with Gasteiger partial charge in [-0.2, -0.15) is 5.21 Å². The number of aromatic nitrogens is 6. The highest BCUT2D eigenvalue weighted by Crippen LogP contribution is 2.19. The fourth-order valence-electron chi connectivity index (χ4n) is 2.33. The normalized spacial score (nSPS) is 11.6. The molecular formula is C16H16N6O3. The molecule has 0 bridgehead atoms. The molecule has 0 saturated heterocycles. The van der Waals surface area contributed by atoms with E-state index in [0.717, 1.165) is 17.3 Å². The fourth-order valence-corrected chi connectivity index (χ4v) is 2.33. The number of nitrogens with zero attached hydrogens (tertiary/aromatic N) is 5. The van der Waals surface area contributed by atoms with Crippen LogP contribution in [-0.4, -0.2) is 48.2 Å². The monoisotopic (exact) mass is 340 g/mol. The number of hydrogen-bond acceptors (Lipinski definition) is 7. The van der Waals surface area contributed by atoms with E-state index in [-0.39, 0.29) is 11.6 Å². The molecule has 0 aliphatic heterocycles. The van der Waals surface area contributed by atoms with Gasteiger partial charge in [-0.15, -0.1) is 10.2 Å². The van der Waals surface area contributed by atoms with E-state index in [1.807, 2.05) is 16.7 Å². The molecular weight excluding hydrogens is 324 g/mol. The maximum atomic E-state index is 11.9. The van der Waals surface area contributed by atoms with Crippen molar-refractivity contribution in [2.24, 2.45) is 0 Å². The number of ether oxygens (including phenoxy) is 1. The molecule has 0 saturated carbocycles. The summed E-state index contributed by atoms with van der Waals surface area (Å²) in [5.41, 5.74) is 2.42. The van der Waals surface area contributed by atoms with Crippen molar-refractivity contribution in [2.75, 3.05) is 7.11 Å². The first kappa shape index (κ1) is 16.5. The standard InChI is InChI=1S/C16H16N6O3/c1-25-10-13-6-12(9-22(13)8-11-2-4-17-5-3-11)14(23)7-15(24)16-18-20-21-19-16/h2-7,9,23H,8,10H2,1H3,(H,18,19,20,21). The van der Waals surface area contributed by atoms with Gasteiger partial charge in [0.2, 0.25) is 11.6 Å². The summed E-state index contributed by atoms with van der Waals surface area (Å²) in [5, 5.41) is 22.9. The molecule has 128 valence electrons. The third-order valence-electron chi connectivity index (χ3n) is 3.51. The lowest BCUT2D eigenvalue weighted by Crippen LogP contribution is -2.04. The zero-order chi connectivity index (χ0) is 17.6. The highest BCUT2D eigenvalue weighted by Gasteiger charge is 2.13. The number of H-pyrrole nitrogens is 1. The lowest BCUT2D eigenvalue weighted by molar-refractivity contribution is 0.103. The van der Waals surface area contributed by atoms with Gasteiger partial charge >= 0.3 is 0 Å². The average molecular weight is 340 g/mol. The van der Waals surface area contributed by atoms with Crippen LogP contribution in [0.4, 0.5) is 0 Å². The number of rotatable bonds is 7. The Bertz CT molecular complexity index is 871. The Labute approximate surface area is 143 Å². The van der Waals surface area contributed by atoms with Gasteiger partial charge < -0.3 is 14.4 Å². The predicted molar refractivity (Wildman–Crippen MR) is 87.6 cm³/mol. The summed E-state index contributed by atoms with van der Waals surface area (Å²) in [5.74, 6) is -0.832. The number of aliphatic hydroxyl groups excluding tert-OH is 1. The minimum atomic E-state index is -0.540. The topological polar surface area (TPSA) is 119 Å². The van der Waals surface area contributed by atoms with Crippen molar-refractivity contribution >= 4 is 11.5 Å². The first-order chi connectivity index (χ1) is 12.2. The van der Waals surface area contributed by atoms with Gasteiger partial charge in [0.05, 0.1) is 6.61 Å². The number of aromatic amines is 1. The number of allylic oxidation sites excluding steroid dienone is 1.